The zero-order valence-corrected chi connectivity index (χ0v) is 19.6. The summed E-state index contributed by atoms with van der Waals surface area (Å²) >= 11 is 1.38. The van der Waals surface area contributed by atoms with Gasteiger partial charge in [-0.2, -0.15) is 16.9 Å². The van der Waals surface area contributed by atoms with Crippen LogP contribution in [0.25, 0.3) is 0 Å². The minimum atomic E-state index is -1.07. The van der Waals surface area contributed by atoms with Crippen molar-refractivity contribution in [3.8, 4) is 0 Å². The third-order valence-corrected chi connectivity index (χ3v) is 5.90. The number of non-ortho nitro benzene ring substituents is 2. The number of nitro benzene ring substituents is 2. The van der Waals surface area contributed by atoms with Gasteiger partial charge in [0, 0.05) is 23.6 Å². The Hall–Kier alpha value is -4.58. The number of thioether (sulfide) groups is 1. The molecule has 0 aromatic heterocycles. The van der Waals surface area contributed by atoms with E-state index in [0.29, 0.717) is 5.75 Å². The standard InChI is InChI=1S/C24H21N5O6S/c30-23(19-11-20(28(32)33)13-21(12-19)29(34)35)26-22(16-36-15-18-9-5-2-6-10-18)24(31)27-25-14-17-7-3-1-4-8-17/h1-14,22H,15-16H2,(H,26,30)(H,27,31)/b25-14-/t22-/m0/s1. The van der Waals surface area contributed by atoms with E-state index in [1.807, 2.05) is 48.5 Å². The fraction of sp³-hybridized carbons (Fsp3) is 0.125. The first-order chi connectivity index (χ1) is 17.3. The van der Waals surface area contributed by atoms with Gasteiger partial charge in [-0.05, 0) is 11.1 Å². The number of hydrogen-bond donors (Lipinski definition) is 2. The van der Waals surface area contributed by atoms with Gasteiger partial charge in [-0.1, -0.05) is 60.7 Å². The van der Waals surface area contributed by atoms with E-state index in [0.717, 1.165) is 29.3 Å². The molecule has 0 aliphatic heterocycles. The minimum Gasteiger partial charge on any atom is -0.339 e. The number of nitrogens with zero attached hydrogens (tertiary/aromatic N) is 3. The van der Waals surface area contributed by atoms with Crippen molar-refractivity contribution in [1.29, 1.82) is 0 Å². The smallest absolute Gasteiger partial charge is 0.277 e. The average molecular weight is 508 g/mol. The van der Waals surface area contributed by atoms with Gasteiger partial charge in [-0.3, -0.25) is 29.8 Å². The van der Waals surface area contributed by atoms with E-state index in [2.05, 4.69) is 15.8 Å². The number of carbonyl (C=O) groups excluding carboxylic acids is 2. The van der Waals surface area contributed by atoms with Gasteiger partial charge in [0.25, 0.3) is 23.2 Å². The van der Waals surface area contributed by atoms with Crippen LogP contribution < -0.4 is 10.7 Å². The molecule has 0 spiro atoms. The van der Waals surface area contributed by atoms with E-state index >= 15 is 0 Å². The summed E-state index contributed by atoms with van der Waals surface area (Å²) in [7, 11) is 0. The van der Waals surface area contributed by atoms with Gasteiger partial charge < -0.3 is 5.32 Å². The maximum absolute atomic E-state index is 12.9. The molecule has 2 N–H and O–H groups in total. The highest BCUT2D eigenvalue weighted by Crippen LogP contribution is 2.23. The summed E-state index contributed by atoms with van der Waals surface area (Å²) in [5.74, 6) is -0.759. The molecule has 0 saturated carbocycles. The number of rotatable bonds is 11. The van der Waals surface area contributed by atoms with Gasteiger partial charge in [-0.25, -0.2) is 5.43 Å². The van der Waals surface area contributed by atoms with Gasteiger partial charge in [-0.15, -0.1) is 0 Å². The normalized spacial score (nSPS) is 11.6. The lowest BCUT2D eigenvalue weighted by molar-refractivity contribution is -0.394. The predicted molar refractivity (Wildman–Crippen MR) is 136 cm³/mol. The second-order valence-corrected chi connectivity index (χ2v) is 8.45. The molecule has 12 heteroatoms. The quantitative estimate of drug-likeness (QED) is 0.228. The van der Waals surface area contributed by atoms with Crippen LogP contribution in [-0.2, 0) is 10.5 Å². The van der Waals surface area contributed by atoms with E-state index in [4.69, 9.17) is 0 Å². The number of nitrogens with one attached hydrogen (secondary N) is 2. The summed E-state index contributed by atoms with van der Waals surface area (Å²) in [6, 6.07) is 20.1. The number of carbonyl (C=O) groups is 2. The average Bonchev–Trinajstić information content (AvgIpc) is 2.88. The Labute approximate surface area is 209 Å². The highest BCUT2D eigenvalue weighted by atomic mass is 32.2. The molecule has 11 nitrogen and oxygen atoms in total. The molecule has 0 saturated heterocycles. The van der Waals surface area contributed by atoms with Gasteiger partial charge in [0.1, 0.15) is 6.04 Å². The number of hydrogen-bond acceptors (Lipinski definition) is 8. The summed E-state index contributed by atoms with van der Waals surface area (Å²) < 4.78 is 0. The fourth-order valence-corrected chi connectivity index (χ4v) is 4.03. The molecule has 0 radical (unpaired) electrons. The molecule has 0 aliphatic rings. The molecular weight excluding hydrogens is 486 g/mol. The Morgan fingerprint density at radius 1 is 0.917 bits per heavy atom. The van der Waals surface area contributed by atoms with Crippen molar-refractivity contribution in [3.63, 3.8) is 0 Å². The van der Waals surface area contributed by atoms with Crippen molar-refractivity contribution in [2.75, 3.05) is 5.75 Å². The molecule has 0 bridgehead atoms. The van der Waals surface area contributed by atoms with E-state index < -0.39 is 39.1 Å². The fourth-order valence-electron chi connectivity index (χ4n) is 3.02. The van der Waals surface area contributed by atoms with Crippen LogP contribution in [0.1, 0.15) is 21.5 Å². The Bertz CT molecular complexity index is 1240. The van der Waals surface area contributed by atoms with Crippen molar-refractivity contribution in [3.05, 3.63) is 116 Å². The number of nitro groups is 2. The van der Waals surface area contributed by atoms with Crippen LogP contribution in [0.5, 0.6) is 0 Å². The van der Waals surface area contributed by atoms with Crippen LogP contribution in [0.15, 0.2) is 84.0 Å². The topological polar surface area (TPSA) is 157 Å². The predicted octanol–water partition coefficient (Wildman–Crippen LogP) is 3.69. The summed E-state index contributed by atoms with van der Waals surface area (Å²) in [4.78, 5) is 46.3. The molecule has 3 aromatic carbocycles. The van der Waals surface area contributed by atoms with Crippen molar-refractivity contribution in [2.45, 2.75) is 11.8 Å². The van der Waals surface area contributed by atoms with Crippen LogP contribution in [-0.4, -0.2) is 39.7 Å². The van der Waals surface area contributed by atoms with Crippen LogP contribution in [0.3, 0.4) is 0 Å². The van der Waals surface area contributed by atoms with Gasteiger partial charge in [0.15, 0.2) is 0 Å². The molecule has 0 heterocycles. The lowest BCUT2D eigenvalue weighted by atomic mass is 10.1. The Morgan fingerprint density at radius 2 is 1.50 bits per heavy atom. The van der Waals surface area contributed by atoms with Crippen molar-refractivity contribution >= 4 is 41.2 Å². The van der Waals surface area contributed by atoms with Gasteiger partial charge in [0.2, 0.25) is 0 Å². The first kappa shape index (κ1) is 26.0. The van der Waals surface area contributed by atoms with E-state index in [9.17, 15) is 29.8 Å². The molecule has 3 aromatic rings. The van der Waals surface area contributed by atoms with E-state index in [1.54, 1.807) is 12.1 Å². The molecule has 0 unspecified atom stereocenters. The largest absolute Gasteiger partial charge is 0.339 e. The monoisotopic (exact) mass is 507 g/mol. The summed E-state index contributed by atoms with van der Waals surface area (Å²) in [5, 5.41) is 28.7. The first-order valence-corrected chi connectivity index (χ1v) is 11.7. The van der Waals surface area contributed by atoms with Crippen LogP contribution in [0.4, 0.5) is 11.4 Å². The minimum absolute atomic E-state index is 0.157. The highest BCUT2D eigenvalue weighted by Gasteiger charge is 2.25. The Morgan fingerprint density at radius 3 is 2.08 bits per heavy atom. The van der Waals surface area contributed by atoms with Crippen molar-refractivity contribution in [2.24, 2.45) is 5.10 Å². The van der Waals surface area contributed by atoms with E-state index in [1.165, 1.54) is 18.0 Å². The molecule has 2 amide bonds. The Kier molecular flexibility index (Phi) is 9.23. The molecule has 3 rings (SSSR count). The lowest BCUT2D eigenvalue weighted by Gasteiger charge is -2.17. The SMILES string of the molecule is O=C(N[C@@H](CSCc1ccccc1)C(=O)N/N=C\c1ccccc1)c1cc([N+](=O)[O-])cc([N+](=O)[O-])c1. The number of benzene rings is 3. The summed E-state index contributed by atoms with van der Waals surface area (Å²) in [6.07, 6.45) is 1.44. The molecule has 36 heavy (non-hydrogen) atoms. The summed E-state index contributed by atoms with van der Waals surface area (Å²) in [6.45, 7) is 0. The molecular formula is C24H21N5O6S. The van der Waals surface area contributed by atoms with Crippen molar-refractivity contribution < 1.29 is 19.4 Å². The molecule has 1 atom stereocenters. The van der Waals surface area contributed by atoms with Crippen LogP contribution in [0.2, 0.25) is 0 Å². The van der Waals surface area contributed by atoms with Crippen LogP contribution >= 0.6 is 11.8 Å². The molecule has 0 aliphatic carbocycles. The maximum atomic E-state index is 12.9. The van der Waals surface area contributed by atoms with E-state index in [-0.39, 0.29) is 11.3 Å². The third-order valence-electron chi connectivity index (χ3n) is 4.79. The third kappa shape index (κ3) is 7.74. The first-order valence-electron chi connectivity index (χ1n) is 10.6. The zero-order chi connectivity index (χ0) is 25.9. The summed E-state index contributed by atoms with van der Waals surface area (Å²) in [5.41, 5.74) is 2.62. The van der Waals surface area contributed by atoms with Gasteiger partial charge >= 0.3 is 0 Å². The second kappa shape index (κ2) is 12.8. The second-order valence-electron chi connectivity index (χ2n) is 7.42. The van der Waals surface area contributed by atoms with Crippen LogP contribution in [0, 0.1) is 20.2 Å². The lowest BCUT2D eigenvalue weighted by Crippen LogP contribution is -2.47. The highest BCUT2D eigenvalue weighted by molar-refractivity contribution is 7.98. The zero-order valence-electron chi connectivity index (χ0n) is 18.8. The number of amides is 2. The number of hydrazone groups is 1. The van der Waals surface area contributed by atoms with Crippen molar-refractivity contribution in [1.82, 2.24) is 10.7 Å². The molecule has 0 fully saturated rings. The molecule has 184 valence electrons. The maximum Gasteiger partial charge on any atom is 0.277 e. The van der Waals surface area contributed by atoms with Gasteiger partial charge in [0.05, 0.1) is 27.7 Å². The Balaban J connectivity index is 1.75.